The van der Waals surface area contributed by atoms with Gasteiger partial charge in [0.2, 0.25) is 0 Å². The molecule has 0 aromatic carbocycles. The lowest BCUT2D eigenvalue weighted by Gasteiger charge is -2.21. The van der Waals surface area contributed by atoms with Crippen molar-refractivity contribution in [3.8, 4) is 0 Å². The molecule has 1 atom stereocenters. The monoisotopic (exact) mass is 281 g/mol. The Morgan fingerprint density at radius 3 is 2.69 bits per heavy atom. The van der Waals surface area contributed by atoms with Crippen molar-refractivity contribution in [2.24, 2.45) is 0 Å². The zero-order valence-corrected chi connectivity index (χ0v) is 10.9. The number of nitrogens with one attached hydrogen (secondary N) is 1. The Kier molecular flexibility index (Phi) is 5.61. The number of piperidine rings is 1. The van der Waals surface area contributed by atoms with Gasteiger partial charge in [-0.2, -0.15) is 0 Å². The average molecular weight is 282 g/mol. The first-order valence-electron chi connectivity index (χ1n) is 4.86. The van der Waals surface area contributed by atoms with Gasteiger partial charge >= 0.3 is 0 Å². The van der Waals surface area contributed by atoms with E-state index in [1.807, 2.05) is 0 Å². The van der Waals surface area contributed by atoms with E-state index in [1.54, 1.807) is 6.07 Å². The van der Waals surface area contributed by atoms with Crippen LogP contribution in [0.5, 0.6) is 0 Å². The van der Waals surface area contributed by atoms with E-state index in [4.69, 9.17) is 11.6 Å². The maximum absolute atomic E-state index is 12.1. The van der Waals surface area contributed by atoms with Crippen LogP contribution in [0.25, 0.3) is 0 Å². The van der Waals surface area contributed by atoms with Crippen LogP contribution >= 0.6 is 24.0 Å². The van der Waals surface area contributed by atoms with Crippen molar-refractivity contribution in [2.75, 3.05) is 13.1 Å². The zero-order valence-electron chi connectivity index (χ0n) is 8.56. The van der Waals surface area contributed by atoms with Gasteiger partial charge in [0.25, 0.3) is 0 Å². The maximum Gasteiger partial charge on any atom is 0.133 e. The molecule has 7 heteroatoms. The summed E-state index contributed by atoms with van der Waals surface area (Å²) in [5.74, 6) is 0. The predicted octanol–water partition coefficient (Wildman–Crippen LogP) is 1.41. The van der Waals surface area contributed by atoms with Gasteiger partial charge in [0.15, 0.2) is 0 Å². The van der Waals surface area contributed by atoms with Crippen LogP contribution in [0.1, 0.15) is 12.8 Å². The lowest BCUT2D eigenvalue weighted by atomic mass is 10.2. The van der Waals surface area contributed by atoms with Crippen molar-refractivity contribution in [2.45, 2.75) is 23.1 Å². The number of halogens is 2. The summed E-state index contributed by atoms with van der Waals surface area (Å²) in [7, 11) is -1.06. The van der Waals surface area contributed by atoms with Crippen molar-refractivity contribution >= 4 is 34.8 Å². The fourth-order valence-corrected chi connectivity index (χ4v) is 3.20. The largest absolute Gasteiger partial charge is 0.317 e. The first kappa shape index (κ1) is 13.8. The molecule has 2 heterocycles. The molecule has 4 nitrogen and oxygen atoms in total. The van der Waals surface area contributed by atoms with E-state index in [0.29, 0.717) is 10.2 Å². The number of hydrogen-bond acceptors (Lipinski definition) is 4. The van der Waals surface area contributed by atoms with E-state index >= 15 is 0 Å². The molecule has 0 amide bonds. The SMILES string of the molecule is Cl.O=S(c1cc(Cl)ncn1)C1CCNCC1. The normalized spacial score (nSPS) is 18.8. The lowest BCUT2D eigenvalue weighted by Crippen LogP contribution is -2.33. The van der Waals surface area contributed by atoms with Crippen molar-refractivity contribution in [1.29, 1.82) is 0 Å². The van der Waals surface area contributed by atoms with Crippen molar-refractivity contribution in [3.63, 3.8) is 0 Å². The third-order valence-electron chi connectivity index (χ3n) is 2.40. The highest BCUT2D eigenvalue weighted by Gasteiger charge is 2.21. The first-order chi connectivity index (χ1) is 7.27. The van der Waals surface area contributed by atoms with Gasteiger partial charge in [0, 0.05) is 11.3 Å². The predicted molar refractivity (Wildman–Crippen MR) is 66.6 cm³/mol. The van der Waals surface area contributed by atoms with Crippen LogP contribution in [0.4, 0.5) is 0 Å². The van der Waals surface area contributed by atoms with Crippen LogP contribution in [0.2, 0.25) is 5.15 Å². The third-order valence-corrected chi connectivity index (χ3v) is 4.32. The number of aromatic nitrogens is 2. The second-order valence-electron chi connectivity index (χ2n) is 3.43. The molecule has 1 aliphatic heterocycles. The van der Waals surface area contributed by atoms with Crippen molar-refractivity contribution < 1.29 is 4.21 Å². The third kappa shape index (κ3) is 3.38. The molecule has 0 aliphatic carbocycles. The first-order valence-corrected chi connectivity index (χ1v) is 6.45. The van der Waals surface area contributed by atoms with Gasteiger partial charge in [-0.3, -0.25) is 4.21 Å². The minimum Gasteiger partial charge on any atom is -0.317 e. The lowest BCUT2D eigenvalue weighted by molar-refractivity contribution is 0.518. The Morgan fingerprint density at radius 1 is 1.38 bits per heavy atom. The van der Waals surface area contributed by atoms with Crippen LogP contribution in [0.15, 0.2) is 17.4 Å². The van der Waals surface area contributed by atoms with Crippen LogP contribution in [0.3, 0.4) is 0 Å². The second-order valence-corrected chi connectivity index (χ2v) is 5.49. The summed E-state index contributed by atoms with van der Waals surface area (Å²) in [6.45, 7) is 1.85. The second kappa shape index (κ2) is 6.49. The molecule has 1 N–H and O–H groups in total. The quantitative estimate of drug-likeness (QED) is 0.833. The summed E-state index contributed by atoms with van der Waals surface area (Å²) >= 11 is 5.73. The molecule has 0 bridgehead atoms. The van der Waals surface area contributed by atoms with Gasteiger partial charge in [-0.1, -0.05) is 11.6 Å². The molecule has 1 aliphatic rings. The minimum atomic E-state index is -1.06. The maximum atomic E-state index is 12.1. The van der Waals surface area contributed by atoms with Crippen LogP contribution in [-0.2, 0) is 10.8 Å². The molecule has 1 aromatic heterocycles. The van der Waals surface area contributed by atoms with E-state index < -0.39 is 10.8 Å². The molecular formula is C9H13Cl2N3OS. The number of hydrogen-bond donors (Lipinski definition) is 1. The summed E-state index contributed by atoms with van der Waals surface area (Å²) in [6, 6.07) is 1.58. The van der Waals surface area contributed by atoms with Crippen molar-refractivity contribution in [1.82, 2.24) is 15.3 Å². The molecule has 2 rings (SSSR count). The molecule has 1 aromatic rings. The van der Waals surface area contributed by atoms with Gasteiger partial charge in [-0.25, -0.2) is 9.97 Å². The van der Waals surface area contributed by atoms with Crippen LogP contribution < -0.4 is 5.32 Å². The van der Waals surface area contributed by atoms with Crippen molar-refractivity contribution in [3.05, 3.63) is 17.5 Å². The smallest absolute Gasteiger partial charge is 0.133 e. The molecule has 1 fully saturated rings. The average Bonchev–Trinajstić information content (AvgIpc) is 2.29. The summed E-state index contributed by atoms with van der Waals surface area (Å²) in [5.41, 5.74) is 0. The molecule has 1 unspecified atom stereocenters. The van der Waals surface area contributed by atoms with Gasteiger partial charge in [0.1, 0.15) is 16.5 Å². The topological polar surface area (TPSA) is 54.9 Å². The van der Waals surface area contributed by atoms with E-state index in [9.17, 15) is 4.21 Å². The Morgan fingerprint density at radius 2 is 2.06 bits per heavy atom. The molecular weight excluding hydrogens is 269 g/mol. The van der Waals surface area contributed by atoms with E-state index in [2.05, 4.69) is 15.3 Å². The summed E-state index contributed by atoms with van der Waals surface area (Å²) in [6.07, 6.45) is 3.21. The number of rotatable bonds is 2. The molecule has 0 spiro atoms. The van der Waals surface area contributed by atoms with E-state index in [0.717, 1.165) is 25.9 Å². The van der Waals surface area contributed by atoms with E-state index in [-0.39, 0.29) is 17.7 Å². The van der Waals surface area contributed by atoms with Gasteiger partial charge in [0.05, 0.1) is 10.8 Å². The Hall–Kier alpha value is -0.230. The highest BCUT2D eigenvalue weighted by molar-refractivity contribution is 7.85. The van der Waals surface area contributed by atoms with Gasteiger partial charge in [-0.05, 0) is 25.9 Å². The summed E-state index contributed by atoms with van der Waals surface area (Å²) < 4.78 is 12.1. The zero-order chi connectivity index (χ0) is 10.7. The minimum absolute atomic E-state index is 0. The fraction of sp³-hybridized carbons (Fsp3) is 0.556. The number of nitrogens with zero attached hydrogens (tertiary/aromatic N) is 2. The molecule has 1 saturated heterocycles. The highest BCUT2D eigenvalue weighted by Crippen LogP contribution is 2.17. The highest BCUT2D eigenvalue weighted by atomic mass is 35.5. The van der Waals surface area contributed by atoms with E-state index in [1.165, 1.54) is 6.33 Å². The molecule has 90 valence electrons. The molecule has 16 heavy (non-hydrogen) atoms. The summed E-state index contributed by atoms with van der Waals surface area (Å²) in [5, 5.41) is 4.32. The Balaban J connectivity index is 0.00000128. The van der Waals surface area contributed by atoms with Gasteiger partial charge < -0.3 is 5.32 Å². The van der Waals surface area contributed by atoms with Crippen LogP contribution in [0, 0.1) is 0 Å². The Labute approximate surface area is 108 Å². The standard InChI is InChI=1S/C9H12ClN3OS.ClH/c10-8-5-9(13-6-12-8)15(14)7-1-3-11-4-2-7;/h5-7,11H,1-4H2;1H. The molecule has 0 saturated carbocycles. The summed E-state index contributed by atoms with van der Waals surface area (Å²) in [4.78, 5) is 7.77. The van der Waals surface area contributed by atoms with Gasteiger partial charge in [-0.15, -0.1) is 12.4 Å². The fourth-order valence-electron chi connectivity index (χ4n) is 1.61. The molecule has 0 radical (unpaired) electrons. The van der Waals surface area contributed by atoms with Crippen LogP contribution in [-0.4, -0.2) is 32.5 Å². The Bertz CT molecular complexity index is 372.